The zero-order chi connectivity index (χ0) is 14.7. The van der Waals surface area contributed by atoms with Crippen LogP contribution in [0.1, 0.15) is 23.9 Å². The van der Waals surface area contributed by atoms with E-state index in [-0.39, 0.29) is 11.5 Å². The quantitative estimate of drug-likeness (QED) is 0.745. The van der Waals surface area contributed by atoms with Crippen molar-refractivity contribution in [1.29, 1.82) is 0 Å². The molecule has 0 atom stereocenters. The number of phenolic OH excluding ortho intramolecular Hbond substituents is 2. The lowest BCUT2D eigenvalue weighted by Gasteiger charge is -2.11. The molecule has 0 unspecified atom stereocenters. The first-order valence-corrected chi connectivity index (χ1v) is 6.60. The summed E-state index contributed by atoms with van der Waals surface area (Å²) >= 11 is 0. The van der Waals surface area contributed by atoms with Gasteiger partial charge in [0.1, 0.15) is 0 Å². The molecule has 0 spiro atoms. The third kappa shape index (κ3) is 2.88. The van der Waals surface area contributed by atoms with Crippen LogP contribution >= 0.6 is 0 Å². The maximum atomic E-state index is 9.56. The first kappa shape index (κ1) is 14.3. The van der Waals surface area contributed by atoms with Crippen molar-refractivity contribution in [2.24, 2.45) is 0 Å². The van der Waals surface area contributed by atoms with Crippen LogP contribution in [0.3, 0.4) is 0 Å². The van der Waals surface area contributed by atoms with Crippen molar-refractivity contribution in [2.45, 2.75) is 27.3 Å². The summed E-state index contributed by atoms with van der Waals surface area (Å²) in [5, 5.41) is 22.2. The van der Waals surface area contributed by atoms with Crippen LogP contribution in [0.15, 0.2) is 18.2 Å². The molecule has 0 aliphatic rings. The lowest BCUT2D eigenvalue weighted by molar-refractivity contribution is 0.404. The number of nitrogens with one attached hydrogen (secondary N) is 1. The van der Waals surface area contributed by atoms with Crippen LogP contribution in [-0.2, 0) is 6.54 Å². The zero-order valence-electron chi connectivity index (χ0n) is 11.9. The summed E-state index contributed by atoms with van der Waals surface area (Å²) in [5.74, 6) is 0.236. The van der Waals surface area contributed by atoms with Crippen LogP contribution in [0.5, 0.6) is 11.5 Å². The van der Waals surface area contributed by atoms with Crippen LogP contribution in [-0.4, -0.2) is 26.7 Å². The molecule has 0 amide bonds. The Hall–Kier alpha value is -2.14. The van der Waals surface area contributed by atoms with Crippen LogP contribution in [0.4, 0.5) is 0 Å². The molecular formula is C15H19N3O2. The Morgan fingerprint density at radius 1 is 1.05 bits per heavy atom. The van der Waals surface area contributed by atoms with E-state index >= 15 is 0 Å². The number of nitrogens with zero attached hydrogens (tertiary/aromatic N) is 2. The van der Waals surface area contributed by atoms with E-state index < -0.39 is 0 Å². The highest BCUT2D eigenvalue weighted by molar-refractivity contribution is 5.61. The van der Waals surface area contributed by atoms with E-state index in [9.17, 15) is 10.2 Å². The molecule has 2 rings (SSSR count). The highest BCUT2D eigenvalue weighted by atomic mass is 16.3. The summed E-state index contributed by atoms with van der Waals surface area (Å²) < 4.78 is 0. The van der Waals surface area contributed by atoms with Gasteiger partial charge in [0, 0.05) is 29.1 Å². The SMILES string of the molecule is CCNCc1c(C)nc(-c2ccc(O)c(O)c2)nc1C. The molecule has 0 aliphatic heterocycles. The van der Waals surface area contributed by atoms with Crippen LogP contribution < -0.4 is 5.32 Å². The van der Waals surface area contributed by atoms with E-state index in [1.165, 1.54) is 12.1 Å². The number of benzene rings is 1. The molecular weight excluding hydrogens is 254 g/mol. The average molecular weight is 273 g/mol. The average Bonchev–Trinajstić information content (AvgIpc) is 2.41. The number of aryl methyl sites for hydroxylation is 2. The first-order chi connectivity index (χ1) is 9.52. The summed E-state index contributed by atoms with van der Waals surface area (Å²) in [7, 11) is 0. The summed E-state index contributed by atoms with van der Waals surface area (Å²) in [6, 6.07) is 4.59. The molecule has 0 saturated heterocycles. The molecule has 0 aliphatic carbocycles. The molecule has 0 radical (unpaired) electrons. The van der Waals surface area contributed by atoms with Gasteiger partial charge >= 0.3 is 0 Å². The topological polar surface area (TPSA) is 78.3 Å². The van der Waals surface area contributed by atoms with Crippen molar-refractivity contribution in [1.82, 2.24) is 15.3 Å². The minimum atomic E-state index is -0.168. The third-order valence-corrected chi connectivity index (χ3v) is 3.21. The van der Waals surface area contributed by atoms with E-state index in [1.54, 1.807) is 6.07 Å². The van der Waals surface area contributed by atoms with E-state index in [1.807, 2.05) is 13.8 Å². The molecule has 5 nitrogen and oxygen atoms in total. The molecule has 5 heteroatoms. The molecule has 0 fully saturated rings. The fourth-order valence-corrected chi connectivity index (χ4v) is 2.04. The molecule has 1 aromatic heterocycles. The Labute approximate surface area is 118 Å². The van der Waals surface area contributed by atoms with Crippen LogP contribution in [0.2, 0.25) is 0 Å². The minimum absolute atomic E-state index is 0.147. The summed E-state index contributed by atoms with van der Waals surface area (Å²) in [6.07, 6.45) is 0. The van der Waals surface area contributed by atoms with Crippen LogP contribution in [0, 0.1) is 13.8 Å². The standard InChI is InChI=1S/C15H19N3O2/c1-4-16-8-12-9(2)17-15(18-10(12)3)11-5-6-13(19)14(20)7-11/h5-7,16,19-20H,4,8H2,1-3H3. The van der Waals surface area contributed by atoms with Gasteiger partial charge in [-0.1, -0.05) is 6.92 Å². The summed E-state index contributed by atoms with van der Waals surface area (Å²) in [6.45, 7) is 7.59. The van der Waals surface area contributed by atoms with Crippen molar-refractivity contribution in [2.75, 3.05) is 6.54 Å². The second-order valence-corrected chi connectivity index (χ2v) is 4.68. The molecule has 0 bridgehead atoms. The Balaban J connectivity index is 2.41. The Morgan fingerprint density at radius 3 is 2.25 bits per heavy atom. The predicted molar refractivity (Wildman–Crippen MR) is 77.7 cm³/mol. The second kappa shape index (κ2) is 5.88. The van der Waals surface area contributed by atoms with Crippen molar-refractivity contribution >= 4 is 0 Å². The van der Waals surface area contributed by atoms with Gasteiger partial charge in [-0.2, -0.15) is 0 Å². The van der Waals surface area contributed by atoms with E-state index in [4.69, 9.17) is 0 Å². The number of hydrogen-bond acceptors (Lipinski definition) is 5. The number of hydrogen-bond donors (Lipinski definition) is 3. The van der Waals surface area contributed by atoms with Gasteiger partial charge in [-0.3, -0.25) is 0 Å². The lowest BCUT2D eigenvalue weighted by atomic mass is 10.1. The summed E-state index contributed by atoms with van der Waals surface area (Å²) in [5.41, 5.74) is 3.61. The maximum Gasteiger partial charge on any atom is 0.159 e. The monoisotopic (exact) mass is 273 g/mol. The van der Waals surface area contributed by atoms with Gasteiger partial charge in [-0.05, 0) is 38.6 Å². The highest BCUT2D eigenvalue weighted by Gasteiger charge is 2.11. The molecule has 3 N–H and O–H groups in total. The van der Waals surface area contributed by atoms with E-state index in [0.717, 1.165) is 30.0 Å². The predicted octanol–water partition coefficient (Wildman–Crippen LogP) is 2.28. The fraction of sp³-hybridized carbons (Fsp3) is 0.333. The number of rotatable bonds is 4. The number of phenols is 2. The molecule has 2 aromatic rings. The van der Waals surface area contributed by atoms with Gasteiger partial charge in [0.2, 0.25) is 0 Å². The molecule has 0 saturated carbocycles. The van der Waals surface area contributed by atoms with Gasteiger partial charge in [-0.25, -0.2) is 9.97 Å². The van der Waals surface area contributed by atoms with Gasteiger partial charge in [0.05, 0.1) is 0 Å². The van der Waals surface area contributed by atoms with E-state index in [2.05, 4.69) is 22.2 Å². The van der Waals surface area contributed by atoms with Crippen molar-refractivity contribution in [3.8, 4) is 22.9 Å². The Kier molecular flexibility index (Phi) is 4.20. The van der Waals surface area contributed by atoms with Gasteiger partial charge in [0.15, 0.2) is 17.3 Å². The van der Waals surface area contributed by atoms with Gasteiger partial charge in [0.25, 0.3) is 0 Å². The van der Waals surface area contributed by atoms with Crippen LogP contribution in [0.25, 0.3) is 11.4 Å². The van der Waals surface area contributed by atoms with E-state index in [0.29, 0.717) is 11.4 Å². The highest BCUT2D eigenvalue weighted by Crippen LogP contribution is 2.29. The molecule has 20 heavy (non-hydrogen) atoms. The minimum Gasteiger partial charge on any atom is -0.504 e. The normalized spacial score (nSPS) is 10.8. The molecule has 1 aromatic carbocycles. The van der Waals surface area contributed by atoms with Crippen molar-refractivity contribution in [3.63, 3.8) is 0 Å². The Bertz CT molecular complexity index is 604. The smallest absolute Gasteiger partial charge is 0.159 e. The third-order valence-electron chi connectivity index (χ3n) is 3.21. The second-order valence-electron chi connectivity index (χ2n) is 4.68. The van der Waals surface area contributed by atoms with Crippen molar-refractivity contribution < 1.29 is 10.2 Å². The first-order valence-electron chi connectivity index (χ1n) is 6.60. The largest absolute Gasteiger partial charge is 0.504 e. The number of aromatic hydroxyl groups is 2. The molecule has 1 heterocycles. The van der Waals surface area contributed by atoms with Crippen molar-refractivity contribution in [3.05, 3.63) is 35.2 Å². The number of aromatic nitrogens is 2. The summed E-state index contributed by atoms with van der Waals surface area (Å²) in [4.78, 5) is 8.97. The van der Waals surface area contributed by atoms with Gasteiger partial charge in [-0.15, -0.1) is 0 Å². The van der Waals surface area contributed by atoms with Gasteiger partial charge < -0.3 is 15.5 Å². The fourth-order valence-electron chi connectivity index (χ4n) is 2.04. The maximum absolute atomic E-state index is 9.56. The zero-order valence-corrected chi connectivity index (χ0v) is 11.9. The Morgan fingerprint density at radius 2 is 1.70 bits per heavy atom. The molecule has 106 valence electrons. The lowest BCUT2D eigenvalue weighted by Crippen LogP contribution is -2.15.